The molecule has 0 radical (unpaired) electrons. The van der Waals surface area contributed by atoms with Gasteiger partial charge in [-0.15, -0.1) is 0 Å². The smallest absolute Gasteiger partial charge is 0.220 e. The van der Waals surface area contributed by atoms with E-state index in [0.717, 1.165) is 51.4 Å². The second kappa shape index (κ2) is 58.5. The van der Waals surface area contributed by atoms with Gasteiger partial charge in [0, 0.05) is 6.42 Å². The van der Waals surface area contributed by atoms with E-state index in [2.05, 4.69) is 67.8 Å². The summed E-state index contributed by atoms with van der Waals surface area (Å²) in [5, 5.41) is 87.5. The van der Waals surface area contributed by atoms with Crippen LogP contribution in [-0.4, -0.2) is 140 Å². The summed E-state index contributed by atoms with van der Waals surface area (Å²) < 4.78 is 22.9. The second-order valence-corrected chi connectivity index (χ2v) is 25.7. The van der Waals surface area contributed by atoms with Gasteiger partial charge in [0.2, 0.25) is 5.91 Å². The van der Waals surface area contributed by atoms with Crippen LogP contribution in [0.4, 0.5) is 0 Å². The first kappa shape index (κ1) is 81.8. The second-order valence-electron chi connectivity index (χ2n) is 25.7. The lowest BCUT2D eigenvalue weighted by Crippen LogP contribution is -2.65. The summed E-state index contributed by atoms with van der Waals surface area (Å²) in [4.78, 5) is 13.3. The Kier molecular flexibility index (Phi) is 54.4. The summed E-state index contributed by atoms with van der Waals surface area (Å²) in [5.41, 5.74) is 0. The van der Waals surface area contributed by atoms with Gasteiger partial charge >= 0.3 is 0 Å². The molecule has 1 amide bonds. The van der Waals surface area contributed by atoms with Crippen molar-refractivity contribution in [2.75, 3.05) is 19.8 Å². The molecular weight excluding hydrogens is 1110 g/mol. The van der Waals surface area contributed by atoms with Gasteiger partial charge in [-0.1, -0.05) is 293 Å². The lowest BCUT2D eigenvalue weighted by molar-refractivity contribution is -0.359. The number of aliphatic hydroxyl groups is 8. The molecule has 0 aliphatic carbocycles. The number of rotatable bonds is 60. The molecule has 9 N–H and O–H groups in total. The molecular formula is C74H135NO13. The molecule has 2 heterocycles. The first-order chi connectivity index (χ1) is 43.1. The normalized spacial score (nSPS) is 23.5. The lowest BCUT2D eigenvalue weighted by atomic mass is 9.97. The van der Waals surface area contributed by atoms with Crippen LogP contribution in [-0.2, 0) is 23.7 Å². The van der Waals surface area contributed by atoms with E-state index in [-0.39, 0.29) is 18.9 Å². The van der Waals surface area contributed by atoms with Crippen molar-refractivity contribution in [3.05, 3.63) is 60.8 Å². The Labute approximate surface area is 536 Å². The highest BCUT2D eigenvalue weighted by atomic mass is 16.7. The van der Waals surface area contributed by atoms with Crippen molar-refractivity contribution in [2.24, 2.45) is 0 Å². The van der Waals surface area contributed by atoms with Gasteiger partial charge in [0.25, 0.3) is 0 Å². The van der Waals surface area contributed by atoms with Gasteiger partial charge in [-0.25, -0.2) is 0 Å². The SMILES string of the molecule is CCCCCCC/C=C\C/C=C\C/C=C\CCCCCCCCCCCCC(=O)NC(COC1OC(CO)C(OC2OC(CO)C(O)C(O)C2O)C(O)C1O)C(O)/C=C/CC/C=C/CCCCCCCCCCCCCCCCCCCCCCCCC. The summed E-state index contributed by atoms with van der Waals surface area (Å²) in [6.45, 7) is 2.81. The maximum atomic E-state index is 13.3. The molecule has 0 spiro atoms. The van der Waals surface area contributed by atoms with Crippen LogP contribution >= 0.6 is 0 Å². The topological polar surface area (TPSA) is 228 Å². The summed E-state index contributed by atoms with van der Waals surface area (Å²) in [6.07, 6.45) is 61.4. The molecule has 2 aliphatic heterocycles. The van der Waals surface area contributed by atoms with Gasteiger partial charge in [0.15, 0.2) is 12.6 Å². The number of hydrogen-bond donors (Lipinski definition) is 9. The number of aliphatic hydroxyl groups excluding tert-OH is 8. The van der Waals surface area contributed by atoms with Crippen LogP contribution in [0.5, 0.6) is 0 Å². The van der Waals surface area contributed by atoms with Crippen LogP contribution in [0.2, 0.25) is 0 Å². The number of allylic oxidation sites excluding steroid dienone is 9. The van der Waals surface area contributed by atoms with Gasteiger partial charge in [-0.3, -0.25) is 4.79 Å². The Hall–Kier alpha value is -2.31. The Balaban J connectivity index is 1.69. The monoisotopic (exact) mass is 1250 g/mol. The maximum Gasteiger partial charge on any atom is 0.220 e. The quantitative estimate of drug-likeness (QED) is 0.0204. The average Bonchev–Trinajstić information content (AvgIpc) is 2.07. The predicted octanol–water partition coefficient (Wildman–Crippen LogP) is 15.2. The predicted molar refractivity (Wildman–Crippen MR) is 360 cm³/mol. The number of carbonyl (C=O) groups excluding carboxylic acids is 1. The third-order valence-electron chi connectivity index (χ3n) is 17.7. The molecule has 2 fully saturated rings. The number of carbonyl (C=O) groups is 1. The van der Waals surface area contributed by atoms with Crippen molar-refractivity contribution in [2.45, 2.75) is 383 Å². The van der Waals surface area contributed by atoms with Crippen LogP contribution in [0, 0.1) is 0 Å². The van der Waals surface area contributed by atoms with Gasteiger partial charge < -0.3 is 65.1 Å². The highest BCUT2D eigenvalue weighted by Gasteiger charge is 2.51. The maximum absolute atomic E-state index is 13.3. The van der Waals surface area contributed by atoms with Crippen molar-refractivity contribution >= 4 is 5.91 Å². The number of unbranched alkanes of at least 4 members (excludes halogenated alkanes) is 39. The Morgan fingerprint density at radius 2 is 0.761 bits per heavy atom. The first-order valence-electron chi connectivity index (χ1n) is 36.5. The molecule has 2 rings (SSSR count). The molecule has 0 bridgehead atoms. The van der Waals surface area contributed by atoms with Crippen LogP contribution < -0.4 is 5.32 Å². The minimum Gasteiger partial charge on any atom is -0.394 e. The van der Waals surface area contributed by atoms with E-state index in [1.54, 1.807) is 6.08 Å². The van der Waals surface area contributed by atoms with E-state index >= 15 is 0 Å². The van der Waals surface area contributed by atoms with E-state index in [0.29, 0.717) is 12.8 Å². The van der Waals surface area contributed by atoms with Gasteiger partial charge in [-0.05, 0) is 70.6 Å². The number of hydrogen-bond acceptors (Lipinski definition) is 13. The molecule has 12 unspecified atom stereocenters. The third-order valence-corrected chi connectivity index (χ3v) is 17.7. The van der Waals surface area contributed by atoms with Crippen molar-refractivity contribution < 1.29 is 64.6 Å². The highest BCUT2D eigenvalue weighted by molar-refractivity contribution is 5.76. The third kappa shape index (κ3) is 42.0. The van der Waals surface area contributed by atoms with E-state index in [1.807, 2.05) is 6.08 Å². The Morgan fingerprint density at radius 3 is 1.19 bits per heavy atom. The molecule has 88 heavy (non-hydrogen) atoms. The minimum atomic E-state index is -1.79. The Bertz CT molecular complexity index is 1710. The zero-order valence-electron chi connectivity index (χ0n) is 56.0. The average molecular weight is 1250 g/mol. The summed E-state index contributed by atoms with van der Waals surface area (Å²) in [5.74, 6) is -0.251. The van der Waals surface area contributed by atoms with Gasteiger partial charge in [-0.2, -0.15) is 0 Å². The molecule has 514 valence electrons. The molecule has 14 heteroatoms. The van der Waals surface area contributed by atoms with Crippen molar-refractivity contribution in [3.63, 3.8) is 0 Å². The molecule has 0 aromatic heterocycles. The van der Waals surface area contributed by atoms with E-state index in [9.17, 15) is 45.6 Å². The van der Waals surface area contributed by atoms with Gasteiger partial charge in [0.1, 0.15) is 48.8 Å². The summed E-state index contributed by atoms with van der Waals surface area (Å²) in [7, 11) is 0. The van der Waals surface area contributed by atoms with Crippen molar-refractivity contribution in [1.29, 1.82) is 0 Å². The zero-order chi connectivity index (χ0) is 63.8. The van der Waals surface area contributed by atoms with Crippen molar-refractivity contribution in [3.8, 4) is 0 Å². The zero-order valence-corrected chi connectivity index (χ0v) is 56.0. The minimum absolute atomic E-state index is 0.251. The molecule has 2 saturated heterocycles. The number of ether oxygens (including phenoxy) is 4. The fourth-order valence-electron chi connectivity index (χ4n) is 11.8. The molecule has 0 saturated carbocycles. The van der Waals surface area contributed by atoms with Crippen LogP contribution in [0.1, 0.15) is 309 Å². The fourth-order valence-corrected chi connectivity index (χ4v) is 11.8. The highest BCUT2D eigenvalue weighted by Crippen LogP contribution is 2.30. The number of amides is 1. The van der Waals surface area contributed by atoms with E-state index in [1.165, 1.54) is 225 Å². The van der Waals surface area contributed by atoms with Crippen LogP contribution in [0.3, 0.4) is 0 Å². The van der Waals surface area contributed by atoms with Crippen molar-refractivity contribution in [1.82, 2.24) is 5.32 Å². The van der Waals surface area contributed by atoms with E-state index < -0.39 is 86.8 Å². The largest absolute Gasteiger partial charge is 0.394 e. The number of nitrogens with one attached hydrogen (secondary N) is 1. The Morgan fingerprint density at radius 1 is 0.409 bits per heavy atom. The molecule has 0 aromatic carbocycles. The van der Waals surface area contributed by atoms with Crippen LogP contribution in [0.15, 0.2) is 60.8 Å². The van der Waals surface area contributed by atoms with Crippen LogP contribution in [0.25, 0.3) is 0 Å². The first-order valence-corrected chi connectivity index (χ1v) is 36.5. The van der Waals surface area contributed by atoms with Gasteiger partial charge in [0.05, 0.1) is 32.0 Å². The summed E-state index contributed by atoms with van der Waals surface area (Å²) >= 11 is 0. The summed E-state index contributed by atoms with van der Waals surface area (Å²) in [6, 6.07) is -0.938. The van der Waals surface area contributed by atoms with E-state index in [4.69, 9.17) is 18.9 Å². The lowest BCUT2D eigenvalue weighted by Gasteiger charge is -2.46. The molecule has 14 nitrogen and oxygen atoms in total. The molecule has 0 aromatic rings. The standard InChI is InChI=1S/C74H135NO13/c1-3-5-7-9-11-13-15-17-19-21-23-25-27-29-30-31-32-34-35-37-39-41-43-45-47-49-51-53-55-57-63(78)62(61-85-73-71(84)69(82)72(65(60-77)87-73)88-74-70(83)68(81)67(80)64(59-76)86-74)75-66(79)58-56-54-52-50-48-46-44-42-40-38-36-33-28-26-24-22-20-18-16-14-12-10-8-6-4-2/h16,18,22,24,28,33,47,49,55,57,62-65,67-74,76-78,80-84H,3-15,17,19-21,23,25-27,29-32,34-46,48,50-54,56,58-61H2,1-2H3,(H,75,79)/b18-16-,24-22-,33-28-,49-47+,57-55+. The molecule has 2 aliphatic rings. The molecule has 12 atom stereocenters. The fraction of sp³-hybridized carbons (Fsp3) is 0.851.